The lowest BCUT2D eigenvalue weighted by atomic mass is 10.0. The third kappa shape index (κ3) is 3.58. The van der Waals surface area contributed by atoms with Gasteiger partial charge in [0.05, 0.1) is 13.2 Å². The average molecular weight is 356 g/mol. The fourth-order valence-electron chi connectivity index (χ4n) is 2.95. The van der Waals surface area contributed by atoms with Gasteiger partial charge in [-0.2, -0.15) is 5.10 Å². The number of carbonyl (C=O) groups excluding carboxylic acids is 3. The molecule has 1 aromatic carbocycles. The van der Waals surface area contributed by atoms with E-state index in [9.17, 15) is 14.4 Å². The summed E-state index contributed by atoms with van der Waals surface area (Å²) in [4.78, 5) is 37.7. The highest BCUT2D eigenvalue weighted by Gasteiger charge is 2.28. The van der Waals surface area contributed by atoms with Crippen LogP contribution in [0.5, 0.6) is 0 Å². The number of fused-ring (bicyclic) bond motifs is 1. The molecule has 0 atom stereocenters. The second-order valence-corrected chi connectivity index (χ2v) is 5.99. The van der Waals surface area contributed by atoms with Crippen LogP contribution in [0.3, 0.4) is 0 Å². The molecule has 8 nitrogen and oxygen atoms in total. The number of amides is 2. The summed E-state index contributed by atoms with van der Waals surface area (Å²) in [6.07, 6.45) is 0.582. The highest BCUT2D eigenvalue weighted by atomic mass is 16.5. The normalized spacial score (nSPS) is 13.1. The Morgan fingerprint density at radius 3 is 2.88 bits per heavy atom. The van der Waals surface area contributed by atoms with Gasteiger partial charge in [0, 0.05) is 42.4 Å². The number of ether oxygens (including phenoxy) is 1. The number of hydrogen-bond acceptors (Lipinski definition) is 5. The first-order valence-electron chi connectivity index (χ1n) is 8.39. The van der Waals surface area contributed by atoms with Crippen LogP contribution in [-0.4, -0.2) is 46.0 Å². The van der Waals surface area contributed by atoms with Gasteiger partial charge in [0.15, 0.2) is 5.69 Å². The van der Waals surface area contributed by atoms with Crippen LogP contribution in [0.25, 0.3) is 0 Å². The number of nitrogens with one attached hydrogen (secondary N) is 2. The molecule has 2 heterocycles. The van der Waals surface area contributed by atoms with Crippen molar-refractivity contribution in [2.45, 2.75) is 26.8 Å². The van der Waals surface area contributed by atoms with Crippen LogP contribution >= 0.6 is 0 Å². The van der Waals surface area contributed by atoms with Gasteiger partial charge in [-0.3, -0.25) is 14.7 Å². The van der Waals surface area contributed by atoms with Gasteiger partial charge in [-0.05, 0) is 25.1 Å². The number of esters is 1. The van der Waals surface area contributed by atoms with Crippen LogP contribution in [0.2, 0.25) is 0 Å². The van der Waals surface area contributed by atoms with Crippen LogP contribution in [0, 0.1) is 0 Å². The summed E-state index contributed by atoms with van der Waals surface area (Å²) in [6, 6.07) is 6.78. The maximum atomic E-state index is 12.8. The van der Waals surface area contributed by atoms with Crippen molar-refractivity contribution in [2.24, 2.45) is 0 Å². The first-order valence-corrected chi connectivity index (χ1v) is 8.39. The number of benzene rings is 1. The molecular weight excluding hydrogens is 336 g/mol. The number of carbonyl (C=O) groups is 3. The summed E-state index contributed by atoms with van der Waals surface area (Å²) in [5.74, 6) is -0.861. The van der Waals surface area contributed by atoms with Crippen molar-refractivity contribution in [1.29, 1.82) is 0 Å². The number of H-pyrrole nitrogens is 1. The van der Waals surface area contributed by atoms with E-state index in [4.69, 9.17) is 4.74 Å². The van der Waals surface area contributed by atoms with Gasteiger partial charge >= 0.3 is 5.97 Å². The SMILES string of the molecule is CCOC(=O)c1n[nH]c2c1CN(C(=O)c1cccc(NC(C)=O)c1)CC2. The van der Waals surface area contributed by atoms with E-state index < -0.39 is 5.97 Å². The van der Waals surface area contributed by atoms with Crippen LogP contribution in [-0.2, 0) is 22.5 Å². The third-order valence-corrected chi connectivity index (χ3v) is 4.12. The molecule has 0 aliphatic carbocycles. The summed E-state index contributed by atoms with van der Waals surface area (Å²) < 4.78 is 5.02. The first-order chi connectivity index (χ1) is 12.5. The Balaban J connectivity index is 1.80. The van der Waals surface area contributed by atoms with Gasteiger partial charge in [0.2, 0.25) is 5.91 Å². The van der Waals surface area contributed by atoms with Crippen molar-refractivity contribution in [1.82, 2.24) is 15.1 Å². The Morgan fingerprint density at radius 1 is 1.35 bits per heavy atom. The second kappa shape index (κ2) is 7.38. The maximum absolute atomic E-state index is 12.8. The lowest BCUT2D eigenvalue weighted by molar-refractivity contribution is -0.114. The lowest BCUT2D eigenvalue weighted by Crippen LogP contribution is -2.36. The molecule has 0 saturated heterocycles. The minimum atomic E-state index is -0.494. The van der Waals surface area contributed by atoms with Crippen LogP contribution < -0.4 is 5.32 Å². The molecule has 136 valence electrons. The molecule has 26 heavy (non-hydrogen) atoms. The second-order valence-electron chi connectivity index (χ2n) is 5.99. The quantitative estimate of drug-likeness (QED) is 0.812. The smallest absolute Gasteiger partial charge is 0.359 e. The zero-order valence-electron chi connectivity index (χ0n) is 14.7. The van der Waals surface area contributed by atoms with Crippen molar-refractivity contribution in [3.63, 3.8) is 0 Å². The van der Waals surface area contributed by atoms with Crippen LogP contribution in [0.4, 0.5) is 5.69 Å². The standard InChI is InChI=1S/C18H20N4O4/c1-3-26-18(25)16-14-10-22(8-7-15(14)20-21-16)17(24)12-5-4-6-13(9-12)19-11(2)23/h4-6,9H,3,7-8,10H2,1-2H3,(H,19,23)(H,20,21). The molecule has 0 radical (unpaired) electrons. The van der Waals surface area contributed by atoms with Crippen molar-refractivity contribution < 1.29 is 19.1 Å². The van der Waals surface area contributed by atoms with Gasteiger partial charge < -0.3 is 15.0 Å². The monoisotopic (exact) mass is 356 g/mol. The Kier molecular flexibility index (Phi) is 5.01. The number of nitrogens with zero attached hydrogens (tertiary/aromatic N) is 2. The molecule has 0 spiro atoms. The van der Waals surface area contributed by atoms with E-state index >= 15 is 0 Å². The molecule has 0 saturated carbocycles. The summed E-state index contributed by atoms with van der Waals surface area (Å²) in [6.45, 7) is 4.20. The Labute approximate surface area is 150 Å². The van der Waals surface area contributed by atoms with E-state index in [1.807, 2.05) is 0 Å². The van der Waals surface area contributed by atoms with Crippen LogP contribution in [0.1, 0.15) is 46.0 Å². The molecule has 3 rings (SSSR count). The van der Waals surface area contributed by atoms with Crippen molar-refractivity contribution in [3.8, 4) is 0 Å². The maximum Gasteiger partial charge on any atom is 0.359 e. The Morgan fingerprint density at radius 2 is 2.15 bits per heavy atom. The van der Waals surface area contributed by atoms with Gasteiger partial charge in [-0.25, -0.2) is 4.79 Å². The topological polar surface area (TPSA) is 104 Å². The van der Waals surface area contributed by atoms with E-state index in [1.165, 1.54) is 6.92 Å². The molecule has 1 aromatic heterocycles. The Hall–Kier alpha value is -3.16. The largest absolute Gasteiger partial charge is 0.461 e. The fraction of sp³-hybridized carbons (Fsp3) is 0.333. The van der Waals surface area contributed by atoms with Gasteiger partial charge in [-0.15, -0.1) is 0 Å². The molecular formula is C18H20N4O4. The number of aromatic nitrogens is 2. The van der Waals surface area contributed by atoms with Gasteiger partial charge in [-0.1, -0.05) is 6.07 Å². The number of anilines is 1. The predicted molar refractivity (Wildman–Crippen MR) is 93.7 cm³/mol. The molecule has 0 bridgehead atoms. The number of hydrogen-bond donors (Lipinski definition) is 2. The zero-order valence-corrected chi connectivity index (χ0v) is 14.7. The summed E-state index contributed by atoms with van der Waals surface area (Å²) in [5, 5.41) is 9.57. The van der Waals surface area contributed by atoms with E-state index in [0.29, 0.717) is 29.8 Å². The van der Waals surface area contributed by atoms with E-state index in [0.717, 1.165) is 5.69 Å². The number of aromatic amines is 1. The highest BCUT2D eigenvalue weighted by molar-refractivity contribution is 5.97. The van der Waals surface area contributed by atoms with Crippen molar-refractivity contribution in [2.75, 3.05) is 18.5 Å². The van der Waals surface area contributed by atoms with Gasteiger partial charge in [0.25, 0.3) is 5.91 Å². The summed E-state index contributed by atoms with van der Waals surface area (Å²) >= 11 is 0. The van der Waals surface area contributed by atoms with Crippen LogP contribution in [0.15, 0.2) is 24.3 Å². The Bertz CT molecular complexity index is 859. The van der Waals surface area contributed by atoms with Gasteiger partial charge in [0.1, 0.15) is 0 Å². The third-order valence-electron chi connectivity index (χ3n) is 4.12. The van der Waals surface area contributed by atoms with E-state index in [-0.39, 0.29) is 30.7 Å². The minimum Gasteiger partial charge on any atom is -0.461 e. The highest BCUT2D eigenvalue weighted by Crippen LogP contribution is 2.23. The molecule has 2 amide bonds. The van der Waals surface area contributed by atoms with E-state index in [2.05, 4.69) is 15.5 Å². The predicted octanol–water partition coefficient (Wildman–Crippen LogP) is 1.74. The lowest BCUT2D eigenvalue weighted by Gasteiger charge is -2.27. The molecule has 2 aromatic rings. The molecule has 0 fully saturated rings. The molecule has 2 N–H and O–H groups in total. The molecule has 1 aliphatic heterocycles. The van der Waals surface area contributed by atoms with Crippen molar-refractivity contribution >= 4 is 23.5 Å². The molecule has 8 heteroatoms. The average Bonchev–Trinajstić information content (AvgIpc) is 3.04. The molecule has 0 unspecified atom stereocenters. The minimum absolute atomic E-state index is 0.168. The zero-order chi connectivity index (χ0) is 18.7. The summed E-state index contributed by atoms with van der Waals surface area (Å²) in [5.41, 5.74) is 2.81. The van der Waals surface area contributed by atoms with Crippen molar-refractivity contribution in [3.05, 3.63) is 46.8 Å². The van der Waals surface area contributed by atoms with E-state index in [1.54, 1.807) is 36.1 Å². The number of rotatable bonds is 4. The fourth-order valence-corrected chi connectivity index (χ4v) is 2.95. The summed E-state index contributed by atoms with van der Waals surface area (Å²) in [7, 11) is 0. The first kappa shape index (κ1) is 17.7. The molecule has 1 aliphatic rings.